The molecule has 0 aliphatic rings. The Morgan fingerprint density at radius 3 is 2.18 bits per heavy atom. The van der Waals surface area contributed by atoms with Crippen molar-refractivity contribution in [1.29, 1.82) is 0 Å². The van der Waals surface area contributed by atoms with Gasteiger partial charge >= 0.3 is 0 Å². The molecule has 0 amide bonds. The summed E-state index contributed by atoms with van der Waals surface area (Å²) in [4.78, 5) is 0.103. The average molecular weight is 315 g/mol. The fourth-order valence-electron chi connectivity index (χ4n) is 1.38. The largest absolute Gasteiger partial charge is 0.219 e. The SMILES string of the molecule is O=S(=O)(c1ccccc1)c1ccc(Br)c(F)c1. The van der Waals surface area contributed by atoms with Crippen LogP contribution in [-0.2, 0) is 9.84 Å². The van der Waals surface area contributed by atoms with Gasteiger partial charge in [0.2, 0.25) is 9.84 Å². The van der Waals surface area contributed by atoms with Crippen LogP contribution in [0, 0.1) is 5.82 Å². The summed E-state index contributed by atoms with van der Waals surface area (Å²) in [5.74, 6) is -0.595. The summed E-state index contributed by atoms with van der Waals surface area (Å²) in [6.45, 7) is 0. The first-order valence-corrected chi connectivity index (χ1v) is 7.04. The summed E-state index contributed by atoms with van der Waals surface area (Å²) in [6, 6.07) is 11.7. The third-order valence-electron chi connectivity index (χ3n) is 2.25. The van der Waals surface area contributed by atoms with E-state index < -0.39 is 15.7 Å². The fourth-order valence-corrected chi connectivity index (χ4v) is 2.92. The first kappa shape index (κ1) is 12.3. The molecular formula is C12H8BrFO2S. The van der Waals surface area contributed by atoms with Gasteiger partial charge in [0, 0.05) is 0 Å². The van der Waals surface area contributed by atoms with Crippen LogP contribution >= 0.6 is 15.9 Å². The Morgan fingerprint density at radius 1 is 0.941 bits per heavy atom. The van der Waals surface area contributed by atoms with Gasteiger partial charge in [-0.15, -0.1) is 0 Å². The van der Waals surface area contributed by atoms with Gasteiger partial charge < -0.3 is 0 Å². The lowest BCUT2D eigenvalue weighted by Crippen LogP contribution is -2.02. The van der Waals surface area contributed by atoms with Crippen molar-refractivity contribution in [2.75, 3.05) is 0 Å². The molecule has 0 saturated heterocycles. The van der Waals surface area contributed by atoms with E-state index in [1.54, 1.807) is 18.2 Å². The maximum absolute atomic E-state index is 13.3. The van der Waals surface area contributed by atoms with E-state index in [-0.39, 0.29) is 14.3 Å². The zero-order valence-corrected chi connectivity index (χ0v) is 11.0. The number of hydrogen-bond acceptors (Lipinski definition) is 2. The molecule has 2 aromatic rings. The summed E-state index contributed by atoms with van der Waals surface area (Å²) in [5.41, 5.74) is 0. The molecule has 0 aliphatic carbocycles. The summed E-state index contributed by atoms with van der Waals surface area (Å²) < 4.78 is 37.8. The summed E-state index contributed by atoms with van der Waals surface area (Å²) >= 11 is 2.98. The fraction of sp³-hybridized carbons (Fsp3) is 0. The minimum atomic E-state index is -3.64. The van der Waals surface area contributed by atoms with Crippen molar-refractivity contribution in [1.82, 2.24) is 0 Å². The van der Waals surface area contributed by atoms with Crippen molar-refractivity contribution in [3.05, 3.63) is 58.8 Å². The predicted octanol–water partition coefficient (Wildman–Crippen LogP) is 3.42. The van der Waals surface area contributed by atoms with Gasteiger partial charge in [-0.25, -0.2) is 12.8 Å². The lowest BCUT2D eigenvalue weighted by Gasteiger charge is -2.05. The Balaban J connectivity index is 2.57. The molecule has 2 aromatic carbocycles. The van der Waals surface area contributed by atoms with Gasteiger partial charge in [-0.1, -0.05) is 18.2 Å². The third kappa shape index (κ3) is 2.40. The van der Waals surface area contributed by atoms with E-state index in [0.29, 0.717) is 0 Å². The highest BCUT2D eigenvalue weighted by Gasteiger charge is 2.18. The van der Waals surface area contributed by atoms with Gasteiger partial charge in [-0.3, -0.25) is 0 Å². The van der Waals surface area contributed by atoms with Crippen LogP contribution in [-0.4, -0.2) is 8.42 Å². The van der Waals surface area contributed by atoms with Gasteiger partial charge in [-0.2, -0.15) is 0 Å². The Hall–Kier alpha value is -1.20. The summed E-state index contributed by atoms with van der Waals surface area (Å²) in [7, 11) is -3.64. The zero-order chi connectivity index (χ0) is 12.5. The minimum Gasteiger partial charge on any atom is -0.219 e. The monoisotopic (exact) mass is 314 g/mol. The van der Waals surface area contributed by atoms with Crippen molar-refractivity contribution in [2.45, 2.75) is 9.79 Å². The van der Waals surface area contributed by atoms with Gasteiger partial charge in [0.25, 0.3) is 0 Å². The molecule has 0 aliphatic heterocycles. The molecule has 0 fully saturated rings. The number of halogens is 2. The molecule has 2 nitrogen and oxygen atoms in total. The zero-order valence-electron chi connectivity index (χ0n) is 8.60. The molecule has 0 atom stereocenters. The van der Waals surface area contributed by atoms with Crippen LogP contribution in [0.15, 0.2) is 62.8 Å². The molecule has 17 heavy (non-hydrogen) atoms. The van der Waals surface area contributed by atoms with E-state index in [4.69, 9.17) is 0 Å². The molecule has 0 heterocycles. The average Bonchev–Trinajstić information content (AvgIpc) is 2.33. The van der Waals surface area contributed by atoms with E-state index in [1.165, 1.54) is 24.3 Å². The van der Waals surface area contributed by atoms with E-state index >= 15 is 0 Å². The molecule has 5 heteroatoms. The Labute approximate surface area is 107 Å². The van der Waals surface area contributed by atoms with E-state index in [1.807, 2.05) is 0 Å². The molecule has 0 unspecified atom stereocenters. The van der Waals surface area contributed by atoms with Gasteiger partial charge in [0.15, 0.2) is 0 Å². The van der Waals surface area contributed by atoms with Crippen LogP contribution in [0.2, 0.25) is 0 Å². The van der Waals surface area contributed by atoms with Crippen molar-refractivity contribution in [3.63, 3.8) is 0 Å². The number of sulfone groups is 1. The second-order valence-electron chi connectivity index (χ2n) is 3.39. The molecule has 88 valence electrons. The maximum atomic E-state index is 13.3. The van der Waals surface area contributed by atoms with Crippen LogP contribution in [0.25, 0.3) is 0 Å². The van der Waals surface area contributed by atoms with Crippen molar-refractivity contribution in [3.8, 4) is 0 Å². The van der Waals surface area contributed by atoms with Crippen LogP contribution in [0.3, 0.4) is 0 Å². The Kier molecular flexibility index (Phi) is 3.31. The first-order chi connectivity index (χ1) is 8.01. The Bertz CT molecular complexity index is 639. The number of rotatable bonds is 2. The maximum Gasteiger partial charge on any atom is 0.206 e. The number of hydrogen-bond donors (Lipinski definition) is 0. The molecule has 0 N–H and O–H groups in total. The standard InChI is InChI=1S/C12H8BrFO2S/c13-11-7-6-10(8-12(11)14)17(15,16)9-4-2-1-3-5-9/h1-8H. The molecule has 0 spiro atoms. The summed E-state index contributed by atoms with van der Waals surface area (Å²) in [5, 5.41) is 0. The van der Waals surface area contributed by atoms with Crippen LogP contribution < -0.4 is 0 Å². The summed E-state index contributed by atoms with van der Waals surface area (Å²) in [6.07, 6.45) is 0. The van der Waals surface area contributed by atoms with Crippen LogP contribution in [0.1, 0.15) is 0 Å². The highest BCUT2D eigenvalue weighted by molar-refractivity contribution is 9.10. The second kappa shape index (κ2) is 4.58. The smallest absolute Gasteiger partial charge is 0.206 e. The lowest BCUT2D eigenvalue weighted by atomic mass is 10.3. The molecular weight excluding hydrogens is 307 g/mol. The number of benzene rings is 2. The lowest BCUT2D eigenvalue weighted by molar-refractivity contribution is 0.589. The Morgan fingerprint density at radius 2 is 1.59 bits per heavy atom. The third-order valence-corrected chi connectivity index (χ3v) is 4.67. The quantitative estimate of drug-likeness (QED) is 0.851. The van der Waals surface area contributed by atoms with Gasteiger partial charge in [0.05, 0.1) is 14.3 Å². The molecule has 0 bridgehead atoms. The molecule has 0 aromatic heterocycles. The minimum absolute atomic E-state index is 0.0515. The molecule has 2 rings (SSSR count). The first-order valence-electron chi connectivity index (χ1n) is 4.77. The normalized spacial score (nSPS) is 11.4. The second-order valence-corrected chi connectivity index (χ2v) is 6.20. The van der Waals surface area contributed by atoms with Crippen molar-refractivity contribution >= 4 is 25.8 Å². The molecule has 0 radical (unpaired) electrons. The highest BCUT2D eigenvalue weighted by atomic mass is 79.9. The van der Waals surface area contributed by atoms with E-state index in [9.17, 15) is 12.8 Å². The van der Waals surface area contributed by atoms with Crippen molar-refractivity contribution < 1.29 is 12.8 Å². The highest BCUT2D eigenvalue weighted by Crippen LogP contribution is 2.24. The topological polar surface area (TPSA) is 34.1 Å². The van der Waals surface area contributed by atoms with Crippen LogP contribution in [0.5, 0.6) is 0 Å². The van der Waals surface area contributed by atoms with Gasteiger partial charge in [-0.05, 0) is 46.3 Å². The van der Waals surface area contributed by atoms with Crippen LogP contribution in [0.4, 0.5) is 4.39 Å². The van der Waals surface area contributed by atoms with E-state index in [0.717, 1.165) is 6.07 Å². The van der Waals surface area contributed by atoms with Gasteiger partial charge in [0.1, 0.15) is 5.82 Å². The van der Waals surface area contributed by atoms with Crippen molar-refractivity contribution in [2.24, 2.45) is 0 Å². The predicted molar refractivity (Wildman–Crippen MR) is 66.0 cm³/mol. The molecule has 0 saturated carbocycles. The van der Waals surface area contributed by atoms with E-state index in [2.05, 4.69) is 15.9 Å².